The Morgan fingerprint density at radius 1 is 1.09 bits per heavy atom. The van der Waals surface area contributed by atoms with Gasteiger partial charge in [-0.25, -0.2) is 9.97 Å². The standard InChI is InChI=1S/C25H21N7O/c1-14-9-10-27-25(30-14)33-21-11-16-12-29-31-19-13-28-23(22(16)19)24-18(21)7-8-20(32(24)2)15-3-5-17(26)6-4-15/h3-11,13,29H,12,26H2,1-2H3. The van der Waals surface area contributed by atoms with Crippen LogP contribution in [-0.4, -0.2) is 22.0 Å². The van der Waals surface area contributed by atoms with Gasteiger partial charge in [0.1, 0.15) is 11.1 Å². The quantitative estimate of drug-likeness (QED) is 0.477. The molecule has 0 atom stereocenters. The summed E-state index contributed by atoms with van der Waals surface area (Å²) in [6, 6.07) is 12.0. The number of nitrogens with one attached hydrogen (secondary N) is 1. The molecule has 3 N–H and O–H groups in total. The maximum atomic E-state index is 6.26. The summed E-state index contributed by atoms with van der Waals surface area (Å²) in [6.45, 7) is 2.49. The Kier molecular flexibility index (Phi) is 4.26. The van der Waals surface area contributed by atoms with Gasteiger partial charge in [0, 0.05) is 41.1 Å². The number of nitrogens with zero attached hydrogens (tertiary/aromatic N) is 5. The summed E-state index contributed by atoms with van der Waals surface area (Å²) in [5, 5.41) is 6.18. The minimum atomic E-state index is 0.307. The molecular weight excluding hydrogens is 414 g/mol. The van der Waals surface area contributed by atoms with E-state index in [1.807, 2.05) is 50.4 Å². The largest absolute Gasteiger partial charge is 0.424 e. The Hall–Kier alpha value is -4.46. The fourth-order valence-electron chi connectivity index (χ4n) is 4.36. The molecule has 0 spiro atoms. The lowest BCUT2D eigenvalue weighted by atomic mass is 10.0. The monoisotopic (exact) mass is 435 g/mol. The summed E-state index contributed by atoms with van der Waals surface area (Å²) in [5.74, 6) is 0.665. The Balaban J connectivity index is 1.62. The zero-order valence-electron chi connectivity index (χ0n) is 18.2. The van der Waals surface area contributed by atoms with Gasteiger partial charge in [0.05, 0.1) is 24.1 Å². The van der Waals surface area contributed by atoms with Crippen molar-refractivity contribution in [1.29, 1.82) is 0 Å². The average Bonchev–Trinajstić information content (AvgIpc) is 3.18. The fraction of sp³-hybridized carbons (Fsp3) is 0.120. The number of nitrogen functional groups attached to an aromatic ring is 1. The molecule has 8 heteroatoms. The first kappa shape index (κ1) is 19.2. The van der Waals surface area contributed by atoms with Gasteiger partial charge < -0.3 is 20.8 Å². The van der Waals surface area contributed by atoms with Gasteiger partial charge in [-0.05, 0) is 54.5 Å². The van der Waals surface area contributed by atoms with Crippen LogP contribution in [0.4, 0.5) is 11.4 Å². The Labute approximate surface area is 190 Å². The number of hydrogen-bond donors (Lipinski definition) is 2. The number of rotatable bonds is 3. The van der Waals surface area contributed by atoms with E-state index in [0.29, 0.717) is 18.3 Å². The minimum Gasteiger partial charge on any atom is -0.424 e. The first-order valence-corrected chi connectivity index (χ1v) is 10.6. The molecule has 0 unspecified atom stereocenters. The predicted octanol–water partition coefficient (Wildman–Crippen LogP) is 2.57. The van der Waals surface area contributed by atoms with E-state index >= 15 is 0 Å². The van der Waals surface area contributed by atoms with Gasteiger partial charge in [-0.2, -0.15) is 5.10 Å². The molecule has 0 saturated carbocycles. The molecule has 4 aliphatic rings. The van der Waals surface area contributed by atoms with Gasteiger partial charge in [-0.1, -0.05) is 12.1 Å². The van der Waals surface area contributed by atoms with E-state index in [1.165, 1.54) is 0 Å². The van der Waals surface area contributed by atoms with Gasteiger partial charge in [-0.15, -0.1) is 0 Å². The molecule has 0 bridgehead atoms. The first-order valence-electron chi connectivity index (χ1n) is 10.6. The minimum absolute atomic E-state index is 0.307. The number of hydrogen-bond acceptors (Lipinski definition) is 8. The lowest BCUT2D eigenvalue weighted by molar-refractivity contribution is 0.437. The average molecular weight is 435 g/mol. The summed E-state index contributed by atoms with van der Waals surface area (Å²) in [4.78, 5) is 15.6. The molecule has 4 heterocycles. The van der Waals surface area contributed by atoms with Crippen LogP contribution in [0, 0.1) is 6.92 Å². The maximum Gasteiger partial charge on any atom is 0.322 e. The van der Waals surface area contributed by atoms with E-state index in [9.17, 15) is 0 Å². The number of ether oxygens (including phenoxy) is 1. The van der Waals surface area contributed by atoms with Crippen molar-refractivity contribution in [3.63, 3.8) is 0 Å². The lowest BCUT2D eigenvalue weighted by Gasteiger charge is -2.27. The van der Waals surface area contributed by atoms with Gasteiger partial charge in [-0.3, -0.25) is 4.98 Å². The third kappa shape index (κ3) is 3.15. The van der Waals surface area contributed by atoms with E-state index in [0.717, 1.165) is 55.7 Å². The van der Waals surface area contributed by atoms with Crippen LogP contribution in [0.15, 0.2) is 60.0 Å². The van der Waals surface area contributed by atoms with Crippen LogP contribution in [0.25, 0.3) is 23.0 Å². The molecular formula is C25H21N7O. The Morgan fingerprint density at radius 3 is 2.76 bits per heavy atom. The van der Waals surface area contributed by atoms with Crippen LogP contribution in [0.1, 0.15) is 16.8 Å². The highest BCUT2D eigenvalue weighted by molar-refractivity contribution is 5.93. The summed E-state index contributed by atoms with van der Waals surface area (Å²) < 4.78 is 6.26. The summed E-state index contributed by atoms with van der Waals surface area (Å²) in [6.07, 6.45) is 7.64. The van der Waals surface area contributed by atoms with Crippen molar-refractivity contribution in [1.82, 2.24) is 20.4 Å². The fourth-order valence-corrected chi connectivity index (χ4v) is 4.36. The molecule has 0 fully saturated rings. The number of benzene rings is 1. The maximum absolute atomic E-state index is 6.26. The highest BCUT2D eigenvalue weighted by Gasteiger charge is 2.27. The molecule has 0 saturated heterocycles. The third-order valence-corrected chi connectivity index (χ3v) is 5.93. The van der Waals surface area contributed by atoms with Crippen molar-refractivity contribution in [3.05, 3.63) is 82.3 Å². The van der Waals surface area contributed by atoms with Gasteiger partial charge in [0.2, 0.25) is 0 Å². The molecule has 3 aliphatic heterocycles. The zero-order valence-corrected chi connectivity index (χ0v) is 18.2. The predicted molar refractivity (Wildman–Crippen MR) is 127 cm³/mol. The number of fused-ring (bicyclic) bond motifs is 2. The molecule has 8 nitrogen and oxygen atoms in total. The Morgan fingerprint density at radius 2 is 1.94 bits per heavy atom. The zero-order chi connectivity index (χ0) is 22.5. The van der Waals surface area contributed by atoms with E-state index in [1.54, 1.807) is 12.4 Å². The second-order valence-electron chi connectivity index (χ2n) is 8.09. The number of aromatic nitrogens is 3. The van der Waals surface area contributed by atoms with Crippen molar-refractivity contribution >= 4 is 23.1 Å². The lowest BCUT2D eigenvalue weighted by Crippen LogP contribution is -2.26. The summed E-state index contributed by atoms with van der Waals surface area (Å²) in [5.41, 5.74) is 16.5. The second kappa shape index (κ2) is 7.30. The van der Waals surface area contributed by atoms with Crippen molar-refractivity contribution in [2.45, 2.75) is 13.5 Å². The van der Waals surface area contributed by atoms with E-state index < -0.39 is 0 Å². The van der Waals surface area contributed by atoms with E-state index in [4.69, 9.17) is 15.5 Å². The number of anilines is 2. The SMILES string of the molecule is Cc1ccnc(Oc2cc3c4c(cnc-4c4c2=CC=C(c2ccc(N)cc2)N4C)=NNC3)n1. The number of allylic oxidation sites excluding steroid dienone is 1. The molecule has 6 rings (SSSR count). The highest BCUT2D eigenvalue weighted by atomic mass is 16.5. The van der Waals surface area contributed by atoms with Crippen LogP contribution in [0.3, 0.4) is 0 Å². The summed E-state index contributed by atoms with van der Waals surface area (Å²) in [7, 11) is 2.04. The number of nitrogens with two attached hydrogens (primary N) is 1. The van der Waals surface area contributed by atoms with E-state index in [2.05, 4.69) is 37.5 Å². The van der Waals surface area contributed by atoms with Gasteiger partial charge >= 0.3 is 6.01 Å². The third-order valence-electron chi connectivity index (χ3n) is 5.93. The van der Waals surface area contributed by atoms with E-state index in [-0.39, 0.29) is 0 Å². The Bertz CT molecular complexity index is 1530. The highest BCUT2D eigenvalue weighted by Crippen LogP contribution is 2.36. The number of aryl methyl sites for hydroxylation is 1. The molecule has 0 radical (unpaired) electrons. The van der Waals surface area contributed by atoms with Crippen molar-refractivity contribution < 1.29 is 4.74 Å². The molecule has 162 valence electrons. The van der Waals surface area contributed by atoms with Gasteiger partial charge in [0.25, 0.3) is 0 Å². The van der Waals surface area contributed by atoms with Crippen molar-refractivity contribution in [3.8, 4) is 23.0 Å². The molecule has 2 aromatic rings. The molecule has 1 aliphatic carbocycles. The van der Waals surface area contributed by atoms with Crippen LogP contribution >= 0.6 is 0 Å². The summed E-state index contributed by atoms with van der Waals surface area (Å²) >= 11 is 0. The normalized spacial score (nSPS) is 14.0. The molecule has 0 amide bonds. The first-order chi connectivity index (χ1) is 16.1. The van der Waals surface area contributed by atoms with Gasteiger partial charge in [0.15, 0.2) is 0 Å². The van der Waals surface area contributed by atoms with Crippen molar-refractivity contribution in [2.75, 3.05) is 17.7 Å². The van der Waals surface area contributed by atoms with Crippen LogP contribution in [0.2, 0.25) is 0 Å². The van der Waals surface area contributed by atoms with Crippen molar-refractivity contribution in [2.24, 2.45) is 5.10 Å². The smallest absolute Gasteiger partial charge is 0.322 e. The van der Waals surface area contributed by atoms with Crippen LogP contribution in [-0.2, 0) is 6.54 Å². The van der Waals surface area contributed by atoms with Crippen LogP contribution in [0.5, 0.6) is 11.8 Å². The van der Waals surface area contributed by atoms with Crippen LogP contribution < -0.4 is 31.4 Å². The molecule has 1 aromatic heterocycles. The second-order valence-corrected chi connectivity index (χ2v) is 8.09. The molecule has 1 aromatic carbocycles. The topological polar surface area (TPSA) is 102 Å². The molecule has 33 heavy (non-hydrogen) atoms.